The van der Waals surface area contributed by atoms with E-state index in [9.17, 15) is 4.79 Å². The minimum atomic E-state index is -0.0502. The lowest BCUT2D eigenvalue weighted by atomic mass is 10.1. The van der Waals surface area contributed by atoms with Gasteiger partial charge in [0.25, 0.3) is 0 Å². The van der Waals surface area contributed by atoms with Gasteiger partial charge in [-0.1, -0.05) is 41.4 Å². The van der Waals surface area contributed by atoms with Crippen LogP contribution in [0.25, 0.3) is 0 Å². The summed E-state index contributed by atoms with van der Waals surface area (Å²) in [6.07, 6.45) is 6.33. The number of hydrogen-bond acceptors (Lipinski definition) is 2. The highest BCUT2D eigenvalue weighted by molar-refractivity contribution is 6.35. The molecule has 0 saturated heterocycles. The molecule has 0 saturated carbocycles. The monoisotopic (exact) mass is 373 g/mol. The van der Waals surface area contributed by atoms with Crippen LogP contribution in [0.2, 0.25) is 10.0 Å². The molecule has 1 amide bonds. The molecule has 0 aliphatic heterocycles. The number of imidazole rings is 1. The minimum Gasteiger partial charge on any atom is -0.333 e. The van der Waals surface area contributed by atoms with Crippen LogP contribution in [-0.2, 0) is 17.8 Å². The van der Waals surface area contributed by atoms with Crippen LogP contribution < -0.4 is 5.32 Å². The molecule has 1 heterocycles. The number of hydrogen-bond donors (Lipinski definition) is 1. The van der Waals surface area contributed by atoms with Crippen LogP contribution in [0.15, 0.2) is 61.2 Å². The third kappa shape index (κ3) is 5.08. The summed E-state index contributed by atoms with van der Waals surface area (Å²) in [5.74, 6) is -0.0502. The van der Waals surface area contributed by atoms with Crippen molar-refractivity contribution < 1.29 is 4.79 Å². The molecule has 0 atom stereocenters. The fourth-order valence-electron chi connectivity index (χ4n) is 2.53. The van der Waals surface area contributed by atoms with Crippen molar-refractivity contribution in [1.82, 2.24) is 9.55 Å². The van der Waals surface area contributed by atoms with Gasteiger partial charge in [0.2, 0.25) is 5.91 Å². The second-order valence-corrected chi connectivity index (χ2v) is 6.56. The molecule has 1 aromatic heterocycles. The fraction of sp³-hybridized carbons (Fsp3) is 0.158. The second kappa shape index (κ2) is 8.19. The molecule has 3 aromatic rings. The number of nitrogens with one attached hydrogen (secondary N) is 1. The fourth-order valence-corrected chi connectivity index (χ4v) is 3.04. The Labute approximate surface area is 156 Å². The van der Waals surface area contributed by atoms with Crippen molar-refractivity contribution in [2.24, 2.45) is 0 Å². The Hall–Kier alpha value is -2.30. The highest BCUT2D eigenvalue weighted by Crippen LogP contribution is 2.22. The molecule has 0 spiro atoms. The molecule has 25 heavy (non-hydrogen) atoms. The van der Waals surface area contributed by atoms with Gasteiger partial charge >= 0.3 is 0 Å². The van der Waals surface area contributed by atoms with E-state index >= 15 is 0 Å². The molecular weight excluding hydrogens is 357 g/mol. The number of nitrogens with zero attached hydrogens (tertiary/aromatic N) is 2. The van der Waals surface area contributed by atoms with Crippen LogP contribution >= 0.6 is 23.2 Å². The molecule has 0 aliphatic rings. The highest BCUT2D eigenvalue weighted by Gasteiger charge is 2.07. The third-order valence-electron chi connectivity index (χ3n) is 3.77. The largest absolute Gasteiger partial charge is 0.333 e. The lowest BCUT2D eigenvalue weighted by Crippen LogP contribution is -2.12. The van der Waals surface area contributed by atoms with Crippen LogP contribution in [0, 0.1) is 0 Å². The summed E-state index contributed by atoms with van der Waals surface area (Å²) in [5.41, 5.74) is 2.79. The number of anilines is 1. The quantitative estimate of drug-likeness (QED) is 0.673. The summed E-state index contributed by atoms with van der Waals surface area (Å²) >= 11 is 12.0. The number of rotatable bonds is 6. The molecular formula is C19H17Cl2N3O. The summed E-state index contributed by atoms with van der Waals surface area (Å²) in [6, 6.07) is 13.1. The van der Waals surface area contributed by atoms with Gasteiger partial charge in [0.15, 0.2) is 0 Å². The van der Waals surface area contributed by atoms with Gasteiger partial charge in [0.05, 0.1) is 6.33 Å². The summed E-state index contributed by atoms with van der Waals surface area (Å²) < 4.78 is 1.98. The number of halogens is 2. The molecule has 0 aliphatic carbocycles. The Morgan fingerprint density at radius 2 is 2.04 bits per heavy atom. The van der Waals surface area contributed by atoms with Gasteiger partial charge in [-0.25, -0.2) is 4.98 Å². The van der Waals surface area contributed by atoms with E-state index in [2.05, 4.69) is 10.3 Å². The number of aromatic nitrogens is 2. The zero-order chi connectivity index (χ0) is 17.6. The predicted octanol–water partition coefficient (Wildman–Crippen LogP) is 4.81. The maximum absolute atomic E-state index is 12.2. The smallest absolute Gasteiger partial charge is 0.224 e. The van der Waals surface area contributed by atoms with Gasteiger partial charge in [0.1, 0.15) is 0 Å². The van der Waals surface area contributed by atoms with Crippen LogP contribution in [0.1, 0.15) is 17.5 Å². The van der Waals surface area contributed by atoms with E-state index in [-0.39, 0.29) is 5.91 Å². The van der Waals surface area contributed by atoms with E-state index in [0.29, 0.717) is 29.4 Å². The third-order valence-corrected chi connectivity index (χ3v) is 4.36. The van der Waals surface area contributed by atoms with Gasteiger partial charge < -0.3 is 9.88 Å². The Balaban J connectivity index is 1.57. The number of amides is 1. The molecule has 3 rings (SSSR count). The summed E-state index contributed by atoms with van der Waals surface area (Å²) in [4.78, 5) is 16.2. The molecule has 0 radical (unpaired) electrons. The SMILES string of the molecule is O=C(CCc1ccc(Cl)cc1Cl)Nc1cccc(Cn2ccnc2)c1. The molecule has 4 nitrogen and oxygen atoms in total. The van der Waals surface area contributed by atoms with Crippen LogP contribution in [0.5, 0.6) is 0 Å². The average Bonchev–Trinajstić information content (AvgIpc) is 3.07. The van der Waals surface area contributed by atoms with Gasteiger partial charge in [0, 0.05) is 41.1 Å². The Morgan fingerprint density at radius 1 is 1.16 bits per heavy atom. The van der Waals surface area contributed by atoms with Crippen LogP contribution in [-0.4, -0.2) is 15.5 Å². The molecule has 0 unspecified atom stereocenters. The van der Waals surface area contributed by atoms with E-state index in [4.69, 9.17) is 23.2 Å². The normalized spacial score (nSPS) is 10.6. The van der Waals surface area contributed by atoms with Crippen molar-refractivity contribution in [1.29, 1.82) is 0 Å². The van der Waals surface area contributed by atoms with Crippen molar-refractivity contribution >= 4 is 34.8 Å². The zero-order valence-electron chi connectivity index (χ0n) is 13.5. The minimum absolute atomic E-state index is 0.0502. The first-order chi connectivity index (χ1) is 12.1. The maximum Gasteiger partial charge on any atom is 0.224 e. The number of benzene rings is 2. The van der Waals surface area contributed by atoms with E-state index in [1.807, 2.05) is 41.1 Å². The van der Waals surface area contributed by atoms with Crippen molar-refractivity contribution in [3.63, 3.8) is 0 Å². The maximum atomic E-state index is 12.2. The molecule has 128 valence electrons. The summed E-state index contributed by atoms with van der Waals surface area (Å²) in [7, 11) is 0. The van der Waals surface area contributed by atoms with Gasteiger partial charge in [-0.05, 0) is 41.8 Å². The van der Waals surface area contributed by atoms with E-state index in [1.54, 1.807) is 24.7 Å². The molecule has 0 bridgehead atoms. The van der Waals surface area contributed by atoms with Gasteiger partial charge in [-0.3, -0.25) is 4.79 Å². The lowest BCUT2D eigenvalue weighted by molar-refractivity contribution is -0.116. The number of carbonyl (C=O) groups is 1. The predicted molar refractivity (Wildman–Crippen MR) is 101 cm³/mol. The Bertz CT molecular complexity index is 863. The molecule has 0 fully saturated rings. The first-order valence-electron chi connectivity index (χ1n) is 7.88. The van der Waals surface area contributed by atoms with Crippen molar-refractivity contribution in [3.05, 3.63) is 82.4 Å². The van der Waals surface area contributed by atoms with Crippen molar-refractivity contribution in [2.45, 2.75) is 19.4 Å². The first kappa shape index (κ1) is 17.5. The average molecular weight is 374 g/mol. The Morgan fingerprint density at radius 3 is 2.80 bits per heavy atom. The van der Waals surface area contributed by atoms with Gasteiger partial charge in [-0.2, -0.15) is 0 Å². The van der Waals surface area contributed by atoms with E-state index < -0.39 is 0 Å². The van der Waals surface area contributed by atoms with E-state index in [1.165, 1.54) is 0 Å². The number of carbonyl (C=O) groups excluding carboxylic acids is 1. The highest BCUT2D eigenvalue weighted by atomic mass is 35.5. The lowest BCUT2D eigenvalue weighted by Gasteiger charge is -2.09. The van der Waals surface area contributed by atoms with Crippen molar-refractivity contribution in [3.8, 4) is 0 Å². The Kier molecular flexibility index (Phi) is 5.74. The summed E-state index contributed by atoms with van der Waals surface area (Å²) in [5, 5.41) is 4.11. The second-order valence-electron chi connectivity index (χ2n) is 5.72. The van der Waals surface area contributed by atoms with Crippen molar-refractivity contribution in [2.75, 3.05) is 5.32 Å². The summed E-state index contributed by atoms with van der Waals surface area (Å²) in [6.45, 7) is 0.712. The first-order valence-corrected chi connectivity index (χ1v) is 8.64. The number of aryl methyl sites for hydroxylation is 1. The van der Waals surface area contributed by atoms with Gasteiger partial charge in [-0.15, -0.1) is 0 Å². The van der Waals surface area contributed by atoms with E-state index in [0.717, 1.165) is 16.8 Å². The zero-order valence-corrected chi connectivity index (χ0v) is 15.0. The van der Waals surface area contributed by atoms with Crippen LogP contribution in [0.4, 0.5) is 5.69 Å². The molecule has 2 aromatic carbocycles. The topological polar surface area (TPSA) is 46.9 Å². The molecule has 1 N–H and O–H groups in total. The molecule has 6 heteroatoms. The standard InChI is InChI=1S/C19H17Cl2N3O/c20-16-6-4-15(18(21)11-16)5-7-19(25)23-17-3-1-2-14(10-17)12-24-9-8-22-13-24/h1-4,6,8-11,13H,5,7,12H2,(H,23,25). The van der Waals surface area contributed by atoms with Crippen LogP contribution in [0.3, 0.4) is 0 Å².